The lowest BCUT2D eigenvalue weighted by Crippen LogP contribution is -2.33. The van der Waals surface area contributed by atoms with Crippen molar-refractivity contribution < 1.29 is 9.59 Å². The van der Waals surface area contributed by atoms with Crippen LogP contribution in [0.25, 0.3) is 0 Å². The Morgan fingerprint density at radius 1 is 1.00 bits per heavy atom. The molecule has 1 atom stereocenters. The molecule has 3 rings (SSSR count). The average Bonchev–Trinajstić information content (AvgIpc) is 2.74. The van der Waals surface area contributed by atoms with Crippen molar-refractivity contribution >= 4 is 29.2 Å². The molecule has 5 nitrogen and oxygen atoms in total. The van der Waals surface area contributed by atoms with Gasteiger partial charge in [0.05, 0.1) is 6.04 Å². The van der Waals surface area contributed by atoms with E-state index in [1.807, 2.05) is 43.3 Å². The molecule has 1 saturated carbocycles. The first-order valence-electron chi connectivity index (χ1n) is 10.2. The van der Waals surface area contributed by atoms with E-state index in [1.165, 1.54) is 6.42 Å². The first kappa shape index (κ1) is 21.2. The third-order valence-electron chi connectivity index (χ3n) is 5.37. The lowest BCUT2D eigenvalue weighted by molar-refractivity contribution is -0.126. The summed E-state index contributed by atoms with van der Waals surface area (Å²) < 4.78 is 0. The minimum atomic E-state index is -0.272. The van der Waals surface area contributed by atoms with Gasteiger partial charge in [0, 0.05) is 23.2 Å². The fraction of sp³-hybridized carbons (Fsp3) is 0.391. The number of carbonyl (C=O) groups is 2. The van der Waals surface area contributed by atoms with E-state index in [0.29, 0.717) is 17.3 Å². The minimum Gasteiger partial charge on any atom is -0.349 e. The number of anilines is 1. The van der Waals surface area contributed by atoms with E-state index in [2.05, 4.69) is 16.0 Å². The SMILES string of the molecule is C[C@H](NC(=O)C1CCCCC1)c1ccc(NC(=O)NCc2ccc(Cl)cc2)cc1. The van der Waals surface area contributed by atoms with Crippen molar-refractivity contribution in [1.29, 1.82) is 0 Å². The van der Waals surface area contributed by atoms with Gasteiger partial charge in [-0.3, -0.25) is 4.79 Å². The average molecular weight is 414 g/mol. The van der Waals surface area contributed by atoms with Crippen LogP contribution in [0.1, 0.15) is 56.2 Å². The van der Waals surface area contributed by atoms with Crippen molar-refractivity contribution in [2.45, 2.75) is 51.6 Å². The van der Waals surface area contributed by atoms with E-state index in [9.17, 15) is 9.59 Å². The Morgan fingerprint density at radius 2 is 1.66 bits per heavy atom. The third kappa shape index (κ3) is 6.50. The van der Waals surface area contributed by atoms with E-state index in [-0.39, 0.29) is 23.9 Å². The summed E-state index contributed by atoms with van der Waals surface area (Å²) in [5, 5.41) is 9.42. The van der Waals surface area contributed by atoms with Crippen LogP contribution in [0.5, 0.6) is 0 Å². The van der Waals surface area contributed by atoms with Crippen LogP contribution in [0.2, 0.25) is 5.02 Å². The number of hydrogen-bond donors (Lipinski definition) is 3. The van der Waals surface area contributed by atoms with Gasteiger partial charge in [-0.15, -0.1) is 0 Å². The van der Waals surface area contributed by atoms with E-state index >= 15 is 0 Å². The molecule has 0 bridgehead atoms. The number of amides is 3. The molecule has 2 aromatic rings. The number of rotatable bonds is 6. The summed E-state index contributed by atoms with van der Waals surface area (Å²) >= 11 is 5.86. The maximum Gasteiger partial charge on any atom is 0.319 e. The molecule has 1 aliphatic carbocycles. The molecule has 0 saturated heterocycles. The molecular formula is C23H28ClN3O2. The van der Waals surface area contributed by atoms with Gasteiger partial charge in [0.25, 0.3) is 0 Å². The summed E-state index contributed by atoms with van der Waals surface area (Å²) in [6.07, 6.45) is 5.51. The van der Waals surface area contributed by atoms with Gasteiger partial charge in [-0.1, -0.05) is 55.1 Å². The van der Waals surface area contributed by atoms with Crippen molar-refractivity contribution in [1.82, 2.24) is 10.6 Å². The van der Waals surface area contributed by atoms with Gasteiger partial charge in [0.1, 0.15) is 0 Å². The Balaban J connectivity index is 1.46. The normalized spacial score (nSPS) is 15.4. The monoisotopic (exact) mass is 413 g/mol. The first-order valence-corrected chi connectivity index (χ1v) is 10.6. The van der Waals surface area contributed by atoms with Gasteiger partial charge in [0.15, 0.2) is 0 Å². The maximum absolute atomic E-state index is 12.4. The summed E-state index contributed by atoms with van der Waals surface area (Å²) in [6.45, 7) is 2.41. The highest BCUT2D eigenvalue weighted by atomic mass is 35.5. The highest BCUT2D eigenvalue weighted by Crippen LogP contribution is 2.25. The van der Waals surface area contributed by atoms with Crippen LogP contribution in [0.4, 0.5) is 10.5 Å². The van der Waals surface area contributed by atoms with Crippen LogP contribution in [0.3, 0.4) is 0 Å². The van der Waals surface area contributed by atoms with Gasteiger partial charge in [-0.2, -0.15) is 0 Å². The summed E-state index contributed by atoms with van der Waals surface area (Å²) in [6, 6.07) is 14.6. The van der Waals surface area contributed by atoms with Gasteiger partial charge in [-0.25, -0.2) is 4.79 Å². The van der Waals surface area contributed by atoms with Gasteiger partial charge in [-0.05, 0) is 55.2 Å². The summed E-state index contributed by atoms with van der Waals surface area (Å²) in [5.74, 6) is 0.303. The molecule has 3 amide bonds. The number of benzene rings is 2. The molecule has 29 heavy (non-hydrogen) atoms. The zero-order chi connectivity index (χ0) is 20.6. The molecule has 0 aromatic heterocycles. The van der Waals surface area contributed by atoms with Crippen LogP contribution < -0.4 is 16.0 Å². The fourth-order valence-electron chi connectivity index (χ4n) is 3.59. The van der Waals surface area contributed by atoms with Gasteiger partial charge < -0.3 is 16.0 Å². The molecule has 0 radical (unpaired) electrons. The lowest BCUT2D eigenvalue weighted by atomic mass is 9.88. The van der Waals surface area contributed by atoms with Gasteiger partial charge >= 0.3 is 6.03 Å². The largest absolute Gasteiger partial charge is 0.349 e. The number of hydrogen-bond acceptors (Lipinski definition) is 2. The highest BCUT2D eigenvalue weighted by molar-refractivity contribution is 6.30. The molecule has 0 unspecified atom stereocenters. The van der Waals surface area contributed by atoms with Crippen molar-refractivity contribution in [2.75, 3.05) is 5.32 Å². The molecule has 0 spiro atoms. The molecule has 3 N–H and O–H groups in total. The molecule has 2 aromatic carbocycles. The Kier molecular flexibility index (Phi) is 7.53. The van der Waals surface area contributed by atoms with Crippen LogP contribution in [-0.2, 0) is 11.3 Å². The molecule has 1 aliphatic rings. The van der Waals surface area contributed by atoms with Crippen LogP contribution in [0, 0.1) is 5.92 Å². The second kappa shape index (κ2) is 10.3. The topological polar surface area (TPSA) is 70.2 Å². The predicted octanol–water partition coefficient (Wildman–Crippen LogP) is 5.42. The summed E-state index contributed by atoms with van der Waals surface area (Å²) in [5.41, 5.74) is 2.69. The molecule has 1 fully saturated rings. The van der Waals surface area contributed by atoms with E-state index in [0.717, 1.165) is 36.8 Å². The maximum atomic E-state index is 12.4. The quantitative estimate of drug-likeness (QED) is 0.591. The number of urea groups is 1. The number of halogens is 1. The summed E-state index contributed by atoms with van der Waals surface area (Å²) in [7, 11) is 0. The Hall–Kier alpha value is -2.53. The lowest BCUT2D eigenvalue weighted by Gasteiger charge is -2.23. The van der Waals surface area contributed by atoms with Crippen molar-refractivity contribution in [3.05, 3.63) is 64.7 Å². The highest BCUT2D eigenvalue weighted by Gasteiger charge is 2.22. The predicted molar refractivity (Wildman–Crippen MR) is 117 cm³/mol. The molecule has 6 heteroatoms. The van der Waals surface area contributed by atoms with Crippen LogP contribution >= 0.6 is 11.6 Å². The minimum absolute atomic E-state index is 0.0581. The number of carbonyl (C=O) groups excluding carboxylic acids is 2. The zero-order valence-corrected chi connectivity index (χ0v) is 17.5. The van der Waals surface area contributed by atoms with Crippen molar-refractivity contribution in [3.8, 4) is 0 Å². The van der Waals surface area contributed by atoms with Crippen LogP contribution in [0.15, 0.2) is 48.5 Å². The Bertz CT molecular complexity index is 815. The van der Waals surface area contributed by atoms with E-state index in [1.54, 1.807) is 12.1 Å². The zero-order valence-electron chi connectivity index (χ0n) is 16.7. The number of nitrogens with one attached hydrogen (secondary N) is 3. The molecule has 0 aliphatic heterocycles. The summed E-state index contributed by atoms with van der Waals surface area (Å²) in [4.78, 5) is 24.5. The fourth-order valence-corrected chi connectivity index (χ4v) is 3.72. The molecule has 154 valence electrons. The Morgan fingerprint density at radius 3 is 2.31 bits per heavy atom. The van der Waals surface area contributed by atoms with Gasteiger partial charge in [0.2, 0.25) is 5.91 Å². The smallest absolute Gasteiger partial charge is 0.319 e. The molecular weight excluding hydrogens is 386 g/mol. The van der Waals surface area contributed by atoms with E-state index < -0.39 is 0 Å². The second-order valence-corrected chi connectivity index (χ2v) is 8.06. The van der Waals surface area contributed by atoms with Crippen molar-refractivity contribution in [2.24, 2.45) is 5.92 Å². The second-order valence-electron chi connectivity index (χ2n) is 7.62. The van der Waals surface area contributed by atoms with Crippen LogP contribution in [-0.4, -0.2) is 11.9 Å². The van der Waals surface area contributed by atoms with E-state index in [4.69, 9.17) is 11.6 Å². The molecule has 0 heterocycles. The third-order valence-corrected chi connectivity index (χ3v) is 5.62. The Labute approximate surface area is 177 Å². The first-order chi connectivity index (χ1) is 14.0. The van der Waals surface area contributed by atoms with Crippen molar-refractivity contribution in [3.63, 3.8) is 0 Å². The standard InChI is InChI=1S/C23H28ClN3O2/c1-16(26-22(28)19-5-3-2-4-6-19)18-9-13-21(14-10-18)27-23(29)25-15-17-7-11-20(24)12-8-17/h7-14,16,19H,2-6,15H2,1H3,(H,26,28)(H2,25,27,29)/t16-/m0/s1.